The molecule has 1 aliphatic heterocycles. The molecule has 2 N–H and O–H groups in total. The minimum absolute atomic E-state index is 0.00111. The Bertz CT molecular complexity index is 1010. The van der Waals surface area contributed by atoms with Crippen LogP contribution < -0.4 is 5.73 Å². The lowest BCUT2D eigenvalue weighted by Gasteiger charge is -2.25. The second-order valence-electron chi connectivity index (χ2n) is 8.32. The topological polar surface area (TPSA) is 108 Å². The van der Waals surface area contributed by atoms with Crippen molar-refractivity contribution in [2.24, 2.45) is 12.8 Å². The fourth-order valence-corrected chi connectivity index (χ4v) is 3.90. The minimum Gasteiger partial charge on any atom is -0.460 e. The standard InChI is InChI=1S/C21H25BrN4O4/c1-21(2,3)30-17(27)8-7-16(19(23)28)26-11-13-9-12(5-6-14(13)20(26)29)15-10-24-25(4)18(15)22/h5-6,9-10,16H,7-8,11H2,1-4H3,(H2,23,28). The highest BCUT2D eigenvalue weighted by Gasteiger charge is 2.36. The molecule has 0 saturated carbocycles. The number of primary amides is 1. The number of aryl methyl sites for hydroxylation is 1. The van der Waals surface area contributed by atoms with Crippen molar-refractivity contribution in [3.63, 3.8) is 0 Å². The number of rotatable bonds is 6. The predicted molar refractivity (Wildman–Crippen MR) is 114 cm³/mol. The molecule has 1 aromatic carbocycles. The normalized spacial score (nSPS) is 14.6. The molecule has 0 fully saturated rings. The summed E-state index contributed by atoms with van der Waals surface area (Å²) in [6, 6.07) is 4.63. The monoisotopic (exact) mass is 476 g/mol. The van der Waals surface area contributed by atoms with Crippen molar-refractivity contribution < 1.29 is 19.1 Å². The summed E-state index contributed by atoms with van der Waals surface area (Å²) in [5, 5.41) is 4.22. The van der Waals surface area contributed by atoms with E-state index in [1.54, 1.807) is 37.7 Å². The maximum Gasteiger partial charge on any atom is 0.306 e. The van der Waals surface area contributed by atoms with E-state index in [1.165, 1.54) is 4.90 Å². The van der Waals surface area contributed by atoms with Gasteiger partial charge in [0, 0.05) is 31.1 Å². The van der Waals surface area contributed by atoms with Crippen molar-refractivity contribution in [1.82, 2.24) is 14.7 Å². The number of nitrogens with two attached hydrogens (primary N) is 1. The summed E-state index contributed by atoms with van der Waals surface area (Å²) in [7, 11) is 1.83. The number of carbonyl (C=O) groups is 3. The first-order valence-electron chi connectivity index (χ1n) is 9.61. The van der Waals surface area contributed by atoms with Crippen molar-refractivity contribution in [2.75, 3.05) is 0 Å². The summed E-state index contributed by atoms with van der Waals surface area (Å²) in [5.41, 5.74) is 8.10. The number of hydrogen-bond acceptors (Lipinski definition) is 5. The second-order valence-corrected chi connectivity index (χ2v) is 9.07. The molecule has 1 aliphatic rings. The van der Waals surface area contributed by atoms with Crippen molar-refractivity contribution in [2.45, 2.75) is 51.8 Å². The zero-order chi connectivity index (χ0) is 22.2. The molecule has 1 aromatic heterocycles. The first-order chi connectivity index (χ1) is 14.0. The van der Waals surface area contributed by atoms with Crippen LogP contribution in [0.25, 0.3) is 11.1 Å². The van der Waals surface area contributed by atoms with E-state index in [1.807, 2.05) is 19.2 Å². The van der Waals surface area contributed by atoms with Crippen LogP contribution in [0.4, 0.5) is 0 Å². The van der Waals surface area contributed by atoms with E-state index in [0.29, 0.717) is 5.56 Å². The van der Waals surface area contributed by atoms with Crippen LogP contribution in [0.3, 0.4) is 0 Å². The molecule has 3 rings (SSSR count). The van der Waals surface area contributed by atoms with Crippen LogP contribution in [0.5, 0.6) is 0 Å². The predicted octanol–water partition coefficient (Wildman–Crippen LogP) is 2.78. The molecule has 1 atom stereocenters. The van der Waals surface area contributed by atoms with Gasteiger partial charge in [-0.25, -0.2) is 0 Å². The molecular weight excluding hydrogens is 452 g/mol. The SMILES string of the molecule is Cn1ncc(-c2ccc3c(c2)CN(C(CCC(=O)OC(C)(C)C)C(N)=O)C3=O)c1Br. The zero-order valence-electron chi connectivity index (χ0n) is 17.4. The van der Waals surface area contributed by atoms with Gasteiger partial charge in [-0.2, -0.15) is 5.10 Å². The highest BCUT2D eigenvalue weighted by Crippen LogP contribution is 2.33. The van der Waals surface area contributed by atoms with E-state index in [0.717, 1.165) is 21.3 Å². The first-order valence-corrected chi connectivity index (χ1v) is 10.4. The molecule has 2 aromatic rings. The van der Waals surface area contributed by atoms with Crippen molar-refractivity contribution in [1.29, 1.82) is 0 Å². The highest BCUT2D eigenvalue weighted by atomic mass is 79.9. The van der Waals surface area contributed by atoms with Crippen molar-refractivity contribution in [3.05, 3.63) is 40.1 Å². The molecule has 2 heterocycles. The number of ether oxygens (including phenoxy) is 1. The number of amides is 2. The number of esters is 1. The fraction of sp³-hybridized carbons (Fsp3) is 0.429. The average Bonchev–Trinajstić information content (AvgIpc) is 3.13. The van der Waals surface area contributed by atoms with Gasteiger partial charge in [-0.1, -0.05) is 6.07 Å². The molecule has 0 bridgehead atoms. The van der Waals surface area contributed by atoms with Crippen molar-refractivity contribution in [3.8, 4) is 11.1 Å². The van der Waals surface area contributed by atoms with Crippen molar-refractivity contribution >= 4 is 33.7 Å². The Morgan fingerprint density at radius 2 is 2.00 bits per heavy atom. The molecule has 1 unspecified atom stereocenters. The van der Waals surface area contributed by atoms with E-state index in [-0.39, 0.29) is 25.3 Å². The molecule has 2 amide bonds. The Hall–Kier alpha value is -2.68. The zero-order valence-corrected chi connectivity index (χ0v) is 19.0. The first kappa shape index (κ1) is 22.0. The van der Waals surface area contributed by atoms with Gasteiger partial charge in [-0.05, 0) is 66.4 Å². The minimum atomic E-state index is -0.883. The largest absolute Gasteiger partial charge is 0.460 e. The van der Waals surface area contributed by atoms with E-state index in [9.17, 15) is 14.4 Å². The average molecular weight is 477 g/mol. The summed E-state index contributed by atoms with van der Waals surface area (Å²) < 4.78 is 7.83. The van der Waals surface area contributed by atoms with E-state index < -0.39 is 23.5 Å². The van der Waals surface area contributed by atoms with Crippen LogP contribution in [0.1, 0.15) is 49.5 Å². The van der Waals surface area contributed by atoms with Crippen LogP contribution in [0, 0.1) is 0 Å². The Morgan fingerprint density at radius 3 is 2.57 bits per heavy atom. The van der Waals surface area contributed by atoms with Gasteiger partial charge in [-0.3, -0.25) is 19.1 Å². The van der Waals surface area contributed by atoms with Gasteiger partial charge in [0.2, 0.25) is 5.91 Å². The Kier molecular flexibility index (Phi) is 6.03. The third-order valence-corrected chi connectivity index (χ3v) is 5.80. The second kappa shape index (κ2) is 8.22. The fourth-order valence-electron chi connectivity index (χ4n) is 3.48. The Balaban J connectivity index is 1.78. The molecule has 0 saturated heterocycles. The molecular formula is C21H25BrN4O4. The summed E-state index contributed by atoms with van der Waals surface area (Å²) in [6.07, 6.45) is 1.86. The third kappa shape index (κ3) is 4.56. The summed E-state index contributed by atoms with van der Waals surface area (Å²) >= 11 is 3.51. The summed E-state index contributed by atoms with van der Waals surface area (Å²) in [6.45, 7) is 5.57. The lowest BCUT2D eigenvalue weighted by molar-refractivity contribution is -0.155. The van der Waals surface area contributed by atoms with Gasteiger partial charge in [0.05, 0.1) is 6.20 Å². The van der Waals surface area contributed by atoms with Gasteiger partial charge in [0.1, 0.15) is 16.2 Å². The van der Waals surface area contributed by atoms with Gasteiger partial charge in [0.15, 0.2) is 0 Å². The molecule has 0 aliphatic carbocycles. The van der Waals surface area contributed by atoms with E-state index in [4.69, 9.17) is 10.5 Å². The number of nitrogens with zero attached hydrogens (tertiary/aromatic N) is 3. The van der Waals surface area contributed by atoms with E-state index in [2.05, 4.69) is 21.0 Å². The smallest absolute Gasteiger partial charge is 0.306 e. The molecule has 8 nitrogen and oxygen atoms in total. The summed E-state index contributed by atoms with van der Waals surface area (Å²) in [4.78, 5) is 38.5. The van der Waals surface area contributed by atoms with Gasteiger partial charge < -0.3 is 15.4 Å². The maximum atomic E-state index is 12.9. The van der Waals surface area contributed by atoms with E-state index >= 15 is 0 Å². The molecule has 160 valence electrons. The summed E-state index contributed by atoms with van der Waals surface area (Å²) in [5.74, 6) is -1.34. The molecule has 0 spiro atoms. The van der Waals surface area contributed by atoms with Gasteiger partial charge in [0.25, 0.3) is 5.91 Å². The Labute approximate surface area is 183 Å². The van der Waals surface area contributed by atoms with Crippen LogP contribution in [0.15, 0.2) is 29.0 Å². The lowest BCUT2D eigenvalue weighted by Crippen LogP contribution is -2.45. The third-order valence-electron chi connectivity index (χ3n) is 4.86. The van der Waals surface area contributed by atoms with Crippen LogP contribution >= 0.6 is 15.9 Å². The number of carbonyl (C=O) groups excluding carboxylic acids is 3. The van der Waals surface area contributed by atoms with Gasteiger partial charge in [-0.15, -0.1) is 0 Å². The number of hydrogen-bond donors (Lipinski definition) is 1. The molecule has 0 radical (unpaired) electrons. The maximum absolute atomic E-state index is 12.9. The number of halogens is 1. The highest BCUT2D eigenvalue weighted by molar-refractivity contribution is 9.10. The quantitative estimate of drug-likeness (QED) is 0.644. The number of aromatic nitrogens is 2. The molecule has 30 heavy (non-hydrogen) atoms. The van der Waals surface area contributed by atoms with Crippen LogP contribution in [0.2, 0.25) is 0 Å². The van der Waals surface area contributed by atoms with Gasteiger partial charge >= 0.3 is 5.97 Å². The Morgan fingerprint density at radius 1 is 1.30 bits per heavy atom. The number of fused-ring (bicyclic) bond motifs is 1. The number of benzene rings is 1. The van der Waals surface area contributed by atoms with Crippen LogP contribution in [-0.4, -0.2) is 44.1 Å². The van der Waals surface area contributed by atoms with Crippen LogP contribution in [-0.2, 0) is 27.9 Å². The lowest BCUT2D eigenvalue weighted by atomic mass is 10.0. The molecule has 9 heteroatoms.